The molecule has 1 atom stereocenters. The molecule has 1 rings (SSSR count). The lowest BCUT2D eigenvalue weighted by Gasteiger charge is -2.09. The molecular weight excluding hydrogens is 246 g/mol. The Hall–Kier alpha value is -1.12. The average Bonchev–Trinajstić information content (AvgIpc) is 2.09. The van der Waals surface area contributed by atoms with Crippen LogP contribution in [0.1, 0.15) is 12.5 Å². The van der Waals surface area contributed by atoms with Crippen LogP contribution < -0.4 is 11.3 Å². The van der Waals surface area contributed by atoms with Crippen molar-refractivity contribution in [1.82, 2.24) is 4.57 Å². The molecule has 0 aliphatic carbocycles. The first-order valence-corrected chi connectivity index (χ1v) is 4.89. The van der Waals surface area contributed by atoms with Gasteiger partial charge in [-0.1, -0.05) is 0 Å². The monoisotopic (exact) mass is 255 g/mol. The number of hydrogen-bond acceptors (Lipinski definition) is 3. The van der Waals surface area contributed by atoms with Gasteiger partial charge in [0.05, 0.1) is 0 Å². The van der Waals surface area contributed by atoms with E-state index < -0.39 is 0 Å². The van der Waals surface area contributed by atoms with Crippen molar-refractivity contribution >= 4 is 15.9 Å². The molecule has 14 heavy (non-hydrogen) atoms. The molecule has 0 radical (unpaired) electrons. The lowest BCUT2D eigenvalue weighted by molar-refractivity contribution is 0.572. The normalized spacial score (nSPS) is 12.1. The maximum atomic E-state index is 11.6. The van der Waals surface area contributed by atoms with Crippen molar-refractivity contribution < 1.29 is 0 Å². The van der Waals surface area contributed by atoms with Crippen LogP contribution in [0.5, 0.6) is 0 Å². The minimum atomic E-state index is -0.298. The molecular formula is C9H10BrN3O. The van der Waals surface area contributed by atoms with Crippen molar-refractivity contribution in [3.63, 3.8) is 0 Å². The molecule has 1 aromatic heterocycles. The maximum Gasteiger partial charge on any atom is 0.268 e. The van der Waals surface area contributed by atoms with Crippen LogP contribution in [0, 0.1) is 11.3 Å². The molecule has 0 bridgehead atoms. The molecule has 0 spiro atoms. The van der Waals surface area contributed by atoms with Crippen LogP contribution in [0.3, 0.4) is 0 Å². The number of hydrogen-bond donors (Lipinski definition) is 1. The Morgan fingerprint density at radius 2 is 2.43 bits per heavy atom. The van der Waals surface area contributed by atoms with Gasteiger partial charge in [-0.25, -0.2) is 0 Å². The minimum Gasteiger partial charge on any atom is -0.326 e. The molecule has 2 N–H and O–H groups in total. The summed E-state index contributed by atoms with van der Waals surface area (Å²) in [7, 11) is 0. The quantitative estimate of drug-likeness (QED) is 0.851. The Kier molecular flexibility index (Phi) is 3.44. The van der Waals surface area contributed by atoms with E-state index in [1.807, 2.05) is 6.07 Å². The summed E-state index contributed by atoms with van der Waals surface area (Å²) < 4.78 is 2.14. The van der Waals surface area contributed by atoms with Crippen molar-refractivity contribution in [2.75, 3.05) is 0 Å². The molecule has 0 unspecified atom stereocenters. The van der Waals surface area contributed by atoms with Gasteiger partial charge in [-0.2, -0.15) is 5.26 Å². The van der Waals surface area contributed by atoms with Crippen molar-refractivity contribution in [2.45, 2.75) is 19.5 Å². The van der Waals surface area contributed by atoms with Gasteiger partial charge in [0.15, 0.2) is 0 Å². The van der Waals surface area contributed by atoms with Crippen molar-refractivity contribution in [3.8, 4) is 6.07 Å². The van der Waals surface area contributed by atoms with Crippen LogP contribution in [-0.2, 0) is 6.54 Å². The lowest BCUT2D eigenvalue weighted by atomic mass is 10.3. The predicted molar refractivity (Wildman–Crippen MR) is 56.8 cm³/mol. The standard InChI is InChI=1S/C9H10BrN3O/c1-6(12)4-13-5-8(10)2-7(3-11)9(13)14/h2,5-6H,4,12H2,1H3/t6-/m0/s1. The van der Waals surface area contributed by atoms with E-state index in [4.69, 9.17) is 11.0 Å². The van der Waals surface area contributed by atoms with Crippen molar-refractivity contribution in [2.24, 2.45) is 5.73 Å². The number of rotatable bonds is 2. The number of nitrogens with two attached hydrogens (primary N) is 1. The zero-order chi connectivity index (χ0) is 10.7. The summed E-state index contributed by atoms with van der Waals surface area (Å²) in [6.45, 7) is 2.21. The smallest absolute Gasteiger partial charge is 0.268 e. The number of aromatic nitrogens is 1. The van der Waals surface area contributed by atoms with Gasteiger partial charge in [0.2, 0.25) is 0 Å². The zero-order valence-electron chi connectivity index (χ0n) is 7.70. The van der Waals surface area contributed by atoms with E-state index in [-0.39, 0.29) is 17.2 Å². The lowest BCUT2D eigenvalue weighted by Crippen LogP contribution is -2.30. The van der Waals surface area contributed by atoms with E-state index >= 15 is 0 Å². The van der Waals surface area contributed by atoms with E-state index in [9.17, 15) is 4.79 Å². The summed E-state index contributed by atoms with van der Waals surface area (Å²) in [5.74, 6) is 0. The third-order valence-electron chi connectivity index (χ3n) is 1.66. The van der Waals surface area contributed by atoms with E-state index in [1.54, 1.807) is 13.1 Å². The first-order valence-electron chi connectivity index (χ1n) is 4.10. The summed E-state index contributed by atoms with van der Waals surface area (Å²) in [5.41, 5.74) is 5.40. The molecule has 0 aliphatic heterocycles. The molecule has 1 heterocycles. The van der Waals surface area contributed by atoms with Crippen LogP contribution in [0.15, 0.2) is 21.5 Å². The summed E-state index contributed by atoms with van der Waals surface area (Å²) in [5, 5.41) is 8.69. The summed E-state index contributed by atoms with van der Waals surface area (Å²) in [4.78, 5) is 11.6. The molecule has 0 amide bonds. The molecule has 0 aromatic carbocycles. The van der Waals surface area contributed by atoms with E-state index in [1.165, 1.54) is 10.6 Å². The average molecular weight is 256 g/mol. The SMILES string of the molecule is C[C@H](N)Cn1cc(Br)cc(C#N)c1=O. The number of nitriles is 1. The second kappa shape index (κ2) is 4.40. The number of nitrogens with zero attached hydrogens (tertiary/aromatic N) is 2. The minimum absolute atomic E-state index is 0.117. The first kappa shape index (κ1) is 11.0. The Balaban J connectivity index is 3.24. The Morgan fingerprint density at radius 1 is 1.79 bits per heavy atom. The summed E-state index contributed by atoms with van der Waals surface area (Å²) >= 11 is 3.23. The highest BCUT2D eigenvalue weighted by Crippen LogP contribution is 2.08. The topological polar surface area (TPSA) is 71.8 Å². The van der Waals surface area contributed by atoms with Gasteiger partial charge >= 0.3 is 0 Å². The zero-order valence-corrected chi connectivity index (χ0v) is 9.28. The predicted octanol–water partition coefficient (Wildman–Crippen LogP) is 0.830. The van der Waals surface area contributed by atoms with E-state index in [0.29, 0.717) is 11.0 Å². The molecule has 74 valence electrons. The Bertz CT molecular complexity index is 431. The van der Waals surface area contributed by atoms with Crippen molar-refractivity contribution in [1.29, 1.82) is 5.26 Å². The Morgan fingerprint density at radius 3 is 2.93 bits per heavy atom. The molecule has 0 saturated heterocycles. The summed E-state index contributed by atoms with van der Waals surface area (Å²) in [6, 6.07) is 3.23. The molecule has 4 nitrogen and oxygen atoms in total. The van der Waals surface area contributed by atoms with Gasteiger partial charge in [-0.3, -0.25) is 4.79 Å². The molecule has 5 heteroatoms. The molecule has 0 fully saturated rings. The van der Waals surface area contributed by atoms with Gasteiger partial charge in [0, 0.05) is 23.3 Å². The van der Waals surface area contributed by atoms with Crippen molar-refractivity contribution in [3.05, 3.63) is 32.7 Å². The Labute approximate surface area is 90.1 Å². The molecule has 0 aliphatic rings. The molecule has 0 saturated carbocycles. The van der Waals surface area contributed by atoms with Crippen LogP contribution in [0.2, 0.25) is 0 Å². The fourth-order valence-corrected chi connectivity index (χ4v) is 1.60. The van der Waals surface area contributed by atoms with E-state index in [0.717, 1.165) is 0 Å². The van der Waals surface area contributed by atoms with Crippen LogP contribution in [0.4, 0.5) is 0 Å². The van der Waals surface area contributed by atoms with Gasteiger partial charge in [-0.15, -0.1) is 0 Å². The second-order valence-corrected chi connectivity index (χ2v) is 4.03. The summed E-state index contributed by atoms with van der Waals surface area (Å²) in [6.07, 6.45) is 1.63. The third-order valence-corrected chi connectivity index (χ3v) is 2.09. The first-order chi connectivity index (χ1) is 6.54. The second-order valence-electron chi connectivity index (χ2n) is 3.12. The van der Waals surface area contributed by atoms with Gasteiger partial charge < -0.3 is 10.3 Å². The number of pyridine rings is 1. The van der Waals surface area contributed by atoms with Crippen LogP contribution >= 0.6 is 15.9 Å². The fraction of sp³-hybridized carbons (Fsp3) is 0.333. The van der Waals surface area contributed by atoms with Gasteiger partial charge in [-0.05, 0) is 28.9 Å². The van der Waals surface area contributed by atoms with Crippen LogP contribution in [0.25, 0.3) is 0 Å². The number of halogens is 1. The third kappa shape index (κ3) is 2.44. The highest BCUT2D eigenvalue weighted by molar-refractivity contribution is 9.10. The largest absolute Gasteiger partial charge is 0.326 e. The highest BCUT2D eigenvalue weighted by Gasteiger charge is 2.06. The maximum absolute atomic E-state index is 11.6. The fourth-order valence-electron chi connectivity index (χ4n) is 1.13. The van der Waals surface area contributed by atoms with Crippen LogP contribution in [-0.4, -0.2) is 10.6 Å². The molecule has 1 aromatic rings. The van der Waals surface area contributed by atoms with Gasteiger partial charge in [0.25, 0.3) is 5.56 Å². The van der Waals surface area contributed by atoms with Gasteiger partial charge in [0.1, 0.15) is 11.6 Å². The highest BCUT2D eigenvalue weighted by atomic mass is 79.9. The van der Waals surface area contributed by atoms with E-state index in [2.05, 4.69) is 15.9 Å².